The zero-order valence-corrected chi connectivity index (χ0v) is 13.7. The van der Waals surface area contributed by atoms with Crippen LogP contribution in [-0.4, -0.2) is 42.5 Å². The van der Waals surface area contributed by atoms with E-state index in [0.717, 1.165) is 22.4 Å². The van der Waals surface area contributed by atoms with E-state index >= 15 is 0 Å². The van der Waals surface area contributed by atoms with Crippen LogP contribution in [0.4, 0.5) is 0 Å². The summed E-state index contributed by atoms with van der Waals surface area (Å²) in [6.07, 6.45) is 4.50. The summed E-state index contributed by atoms with van der Waals surface area (Å²) in [6.45, 7) is 0.714. The van der Waals surface area contributed by atoms with Gasteiger partial charge in [0, 0.05) is 18.0 Å². The van der Waals surface area contributed by atoms with Gasteiger partial charge >= 0.3 is 0 Å². The van der Waals surface area contributed by atoms with Crippen LogP contribution in [0, 0.1) is 5.92 Å². The molecular weight excluding hydrogens is 298 g/mol. The topological polar surface area (TPSA) is 58.4 Å². The number of carbonyl (C=O) groups excluding carboxylic acids is 1. The first kappa shape index (κ1) is 15.2. The van der Waals surface area contributed by atoms with Crippen molar-refractivity contribution >= 4 is 17.2 Å². The van der Waals surface area contributed by atoms with Gasteiger partial charge < -0.3 is 14.6 Å². The Balaban J connectivity index is 1.51. The highest BCUT2D eigenvalue weighted by Crippen LogP contribution is 2.34. The second-order valence-electron chi connectivity index (χ2n) is 5.97. The molecule has 2 aromatic rings. The largest absolute Gasteiger partial charge is 0.462 e. The van der Waals surface area contributed by atoms with E-state index in [1.165, 1.54) is 24.2 Å². The lowest BCUT2D eigenvalue weighted by atomic mass is 10.1. The normalized spacial score (nSPS) is 16.0. The summed E-state index contributed by atoms with van der Waals surface area (Å²) in [5.41, 5.74) is 0.793. The molecule has 1 saturated carbocycles. The number of amides is 1. The van der Waals surface area contributed by atoms with Gasteiger partial charge in [0.1, 0.15) is 0 Å². The first-order chi connectivity index (χ1) is 10.6. The molecule has 1 amide bonds. The average Bonchev–Trinajstić information content (AvgIpc) is 2.99. The Labute approximate surface area is 134 Å². The number of carbonyl (C=O) groups is 1. The molecule has 2 heterocycles. The minimum atomic E-state index is 0.0313. The molecule has 0 bridgehead atoms. The Bertz CT molecular complexity index is 615. The third kappa shape index (κ3) is 3.75. The Hall–Kier alpha value is -1.66. The molecule has 1 fully saturated rings. The van der Waals surface area contributed by atoms with Gasteiger partial charge in [0.15, 0.2) is 10.8 Å². The van der Waals surface area contributed by atoms with E-state index in [2.05, 4.69) is 29.3 Å². The van der Waals surface area contributed by atoms with Crippen molar-refractivity contribution in [1.82, 2.24) is 15.2 Å². The van der Waals surface area contributed by atoms with Crippen molar-refractivity contribution in [3.63, 3.8) is 0 Å². The SMILES string of the molecule is CN(C)[C@H](CNC(=O)Cc1csc(-c2ccco2)n1)C1CC1. The van der Waals surface area contributed by atoms with Crippen molar-refractivity contribution < 1.29 is 9.21 Å². The maximum atomic E-state index is 12.1. The fourth-order valence-electron chi connectivity index (χ4n) is 2.60. The molecule has 22 heavy (non-hydrogen) atoms. The van der Waals surface area contributed by atoms with Gasteiger partial charge in [-0.2, -0.15) is 0 Å². The minimum Gasteiger partial charge on any atom is -0.462 e. The number of furan rings is 1. The number of thiazole rings is 1. The molecule has 0 aliphatic heterocycles. The Kier molecular flexibility index (Phi) is 4.59. The van der Waals surface area contributed by atoms with Crippen molar-refractivity contribution in [2.75, 3.05) is 20.6 Å². The standard InChI is InChI=1S/C16H21N3O2S/c1-19(2)13(11-5-6-11)9-17-15(20)8-12-10-22-16(18-12)14-4-3-7-21-14/h3-4,7,10-11,13H,5-6,8-9H2,1-2H3,(H,17,20)/t13-/m1/s1. The minimum absolute atomic E-state index is 0.0313. The van der Waals surface area contributed by atoms with Crippen LogP contribution < -0.4 is 5.32 Å². The lowest BCUT2D eigenvalue weighted by Crippen LogP contribution is -2.42. The second-order valence-corrected chi connectivity index (χ2v) is 6.83. The molecule has 0 aromatic carbocycles. The summed E-state index contributed by atoms with van der Waals surface area (Å²) in [4.78, 5) is 18.7. The number of nitrogens with zero attached hydrogens (tertiary/aromatic N) is 2. The predicted molar refractivity (Wildman–Crippen MR) is 86.7 cm³/mol. The number of hydrogen-bond donors (Lipinski definition) is 1. The summed E-state index contributed by atoms with van der Waals surface area (Å²) in [5, 5.41) is 5.77. The summed E-state index contributed by atoms with van der Waals surface area (Å²) >= 11 is 1.50. The number of aromatic nitrogens is 1. The van der Waals surface area contributed by atoms with Crippen LogP contribution in [0.2, 0.25) is 0 Å². The zero-order valence-electron chi connectivity index (χ0n) is 12.9. The first-order valence-corrected chi connectivity index (χ1v) is 8.43. The Morgan fingerprint density at radius 3 is 3.00 bits per heavy atom. The van der Waals surface area contributed by atoms with Gasteiger partial charge in [-0.15, -0.1) is 11.3 Å². The van der Waals surface area contributed by atoms with Crippen LogP contribution in [0.5, 0.6) is 0 Å². The van der Waals surface area contributed by atoms with Crippen LogP contribution in [-0.2, 0) is 11.2 Å². The molecular formula is C16H21N3O2S. The maximum Gasteiger partial charge on any atom is 0.226 e. The molecule has 6 heteroatoms. The maximum absolute atomic E-state index is 12.1. The zero-order chi connectivity index (χ0) is 15.5. The fourth-order valence-corrected chi connectivity index (χ4v) is 3.38. The monoisotopic (exact) mass is 319 g/mol. The predicted octanol–water partition coefficient (Wildman–Crippen LogP) is 2.40. The highest BCUT2D eigenvalue weighted by atomic mass is 32.1. The lowest BCUT2D eigenvalue weighted by Gasteiger charge is -2.24. The summed E-state index contributed by atoms with van der Waals surface area (Å²) in [6, 6.07) is 4.15. The first-order valence-electron chi connectivity index (χ1n) is 7.55. The molecule has 1 atom stereocenters. The second kappa shape index (κ2) is 6.62. The number of rotatable bonds is 7. The summed E-state index contributed by atoms with van der Waals surface area (Å²) in [5.74, 6) is 1.52. The number of nitrogens with one attached hydrogen (secondary N) is 1. The van der Waals surface area contributed by atoms with Crippen LogP contribution in [0.25, 0.3) is 10.8 Å². The highest BCUT2D eigenvalue weighted by molar-refractivity contribution is 7.13. The van der Waals surface area contributed by atoms with Gasteiger partial charge in [-0.3, -0.25) is 4.79 Å². The molecule has 3 rings (SSSR count). The molecule has 1 N–H and O–H groups in total. The molecule has 5 nitrogen and oxygen atoms in total. The van der Waals surface area contributed by atoms with Crippen LogP contribution in [0.3, 0.4) is 0 Å². The van der Waals surface area contributed by atoms with Gasteiger partial charge in [0.05, 0.1) is 18.4 Å². The van der Waals surface area contributed by atoms with Gasteiger partial charge in [0.2, 0.25) is 5.91 Å². The quantitative estimate of drug-likeness (QED) is 0.851. The van der Waals surface area contributed by atoms with E-state index in [1.54, 1.807) is 6.26 Å². The average molecular weight is 319 g/mol. The van der Waals surface area contributed by atoms with Crippen LogP contribution in [0.1, 0.15) is 18.5 Å². The van der Waals surface area contributed by atoms with E-state index < -0.39 is 0 Å². The number of likely N-dealkylation sites (N-methyl/N-ethyl adjacent to an activating group) is 1. The Morgan fingerprint density at radius 2 is 2.36 bits per heavy atom. The molecule has 2 aromatic heterocycles. The third-order valence-corrected chi connectivity index (χ3v) is 4.87. The van der Waals surface area contributed by atoms with Gasteiger partial charge in [-0.05, 0) is 45.0 Å². The molecule has 0 spiro atoms. The summed E-state index contributed by atoms with van der Waals surface area (Å²) in [7, 11) is 4.15. The van der Waals surface area contributed by atoms with E-state index in [-0.39, 0.29) is 5.91 Å². The smallest absolute Gasteiger partial charge is 0.226 e. The molecule has 1 aliphatic carbocycles. The van der Waals surface area contributed by atoms with E-state index in [0.29, 0.717) is 19.0 Å². The third-order valence-electron chi connectivity index (χ3n) is 3.96. The van der Waals surface area contributed by atoms with E-state index in [4.69, 9.17) is 4.42 Å². The van der Waals surface area contributed by atoms with Gasteiger partial charge in [-0.25, -0.2) is 4.98 Å². The van der Waals surface area contributed by atoms with Crippen molar-refractivity contribution in [2.24, 2.45) is 5.92 Å². The van der Waals surface area contributed by atoms with E-state index in [9.17, 15) is 4.79 Å². The van der Waals surface area contributed by atoms with Crippen LogP contribution in [0.15, 0.2) is 28.2 Å². The molecule has 0 radical (unpaired) electrons. The van der Waals surface area contributed by atoms with Gasteiger partial charge in [-0.1, -0.05) is 0 Å². The van der Waals surface area contributed by atoms with Gasteiger partial charge in [0.25, 0.3) is 0 Å². The Morgan fingerprint density at radius 1 is 1.55 bits per heavy atom. The fraction of sp³-hybridized carbons (Fsp3) is 0.500. The van der Waals surface area contributed by atoms with Crippen molar-refractivity contribution in [1.29, 1.82) is 0 Å². The van der Waals surface area contributed by atoms with Crippen molar-refractivity contribution in [3.05, 3.63) is 29.5 Å². The molecule has 0 saturated heterocycles. The summed E-state index contributed by atoms with van der Waals surface area (Å²) < 4.78 is 5.32. The molecule has 0 unspecified atom stereocenters. The van der Waals surface area contributed by atoms with Crippen molar-refractivity contribution in [3.8, 4) is 10.8 Å². The molecule has 118 valence electrons. The van der Waals surface area contributed by atoms with Crippen LogP contribution >= 0.6 is 11.3 Å². The van der Waals surface area contributed by atoms with E-state index in [1.807, 2.05) is 17.5 Å². The van der Waals surface area contributed by atoms with Crippen molar-refractivity contribution in [2.45, 2.75) is 25.3 Å². The molecule has 1 aliphatic rings. The lowest BCUT2D eigenvalue weighted by molar-refractivity contribution is -0.120. The number of hydrogen-bond acceptors (Lipinski definition) is 5. The highest BCUT2D eigenvalue weighted by Gasteiger charge is 2.32.